The van der Waals surface area contributed by atoms with Gasteiger partial charge in [0.2, 0.25) is 11.8 Å². The lowest BCUT2D eigenvalue weighted by Crippen LogP contribution is -2.43. The van der Waals surface area contributed by atoms with Gasteiger partial charge in [0, 0.05) is 18.2 Å². The Bertz CT molecular complexity index is 1170. The molecule has 2 amide bonds. The van der Waals surface area contributed by atoms with E-state index in [1.54, 1.807) is 49.1 Å². The number of nitrogens with one attached hydrogen (secondary N) is 2. The van der Waals surface area contributed by atoms with Crippen LogP contribution in [0.1, 0.15) is 41.5 Å². The number of sulfonamides is 1. The molecule has 2 aromatic carbocycles. The van der Waals surface area contributed by atoms with Gasteiger partial charge in [-0.3, -0.25) is 14.3 Å². The Balaban J connectivity index is 1.88. The second-order valence-corrected chi connectivity index (χ2v) is 11.6. The molecule has 2 aromatic rings. The van der Waals surface area contributed by atoms with Gasteiger partial charge in [-0.05, 0) is 62.2 Å². The van der Waals surface area contributed by atoms with Gasteiger partial charge in [-0.1, -0.05) is 27.7 Å². The Kier molecular flexibility index (Phi) is 7.26. The molecule has 34 heavy (non-hydrogen) atoms. The second kappa shape index (κ2) is 9.66. The van der Waals surface area contributed by atoms with Crippen LogP contribution in [0.25, 0.3) is 0 Å². The number of carbonyl (C=O) groups excluding carboxylic acids is 2. The van der Waals surface area contributed by atoms with Crippen molar-refractivity contribution in [1.82, 2.24) is 0 Å². The van der Waals surface area contributed by atoms with Crippen LogP contribution in [0.15, 0.2) is 47.4 Å². The summed E-state index contributed by atoms with van der Waals surface area (Å²) in [5.74, 6) is 0.340. The Morgan fingerprint density at radius 3 is 2.26 bits per heavy atom. The lowest BCUT2D eigenvalue weighted by atomic mass is 9.92. The van der Waals surface area contributed by atoms with Crippen molar-refractivity contribution < 1.29 is 22.7 Å². The summed E-state index contributed by atoms with van der Waals surface area (Å²) in [6.07, 6.45) is 0. The van der Waals surface area contributed by atoms with Crippen molar-refractivity contribution >= 4 is 38.9 Å². The third kappa shape index (κ3) is 5.70. The summed E-state index contributed by atoms with van der Waals surface area (Å²) < 4.78 is 34.5. The molecule has 0 aliphatic carbocycles. The number of anilines is 3. The zero-order valence-electron chi connectivity index (χ0n) is 20.5. The molecular weight excluding hydrogens is 454 g/mol. The summed E-state index contributed by atoms with van der Waals surface area (Å²) in [6, 6.07) is 10.9. The lowest BCUT2D eigenvalue weighted by molar-refractivity contribution is -0.127. The molecule has 0 spiro atoms. The van der Waals surface area contributed by atoms with Crippen molar-refractivity contribution in [3.63, 3.8) is 0 Å². The van der Waals surface area contributed by atoms with Crippen molar-refractivity contribution in [2.75, 3.05) is 28.1 Å². The van der Waals surface area contributed by atoms with Crippen LogP contribution in [-0.2, 0) is 19.6 Å². The van der Waals surface area contributed by atoms with Gasteiger partial charge in [-0.2, -0.15) is 0 Å². The summed E-state index contributed by atoms with van der Waals surface area (Å²) in [4.78, 5) is 26.8. The van der Waals surface area contributed by atoms with Crippen LogP contribution in [-0.4, -0.2) is 33.4 Å². The Morgan fingerprint density at radius 1 is 1.06 bits per heavy atom. The molecule has 0 saturated carbocycles. The molecule has 184 valence electrons. The highest BCUT2D eigenvalue weighted by atomic mass is 32.2. The summed E-state index contributed by atoms with van der Waals surface area (Å²) in [5, 5.41) is 2.74. The average Bonchev–Trinajstić information content (AvgIpc) is 2.84. The summed E-state index contributed by atoms with van der Waals surface area (Å²) in [6.45, 7) is 12.0. The minimum Gasteiger partial charge on any atom is -0.490 e. The second-order valence-electron chi connectivity index (χ2n) is 9.94. The molecule has 0 atom stereocenters. The maximum absolute atomic E-state index is 13.2. The van der Waals surface area contributed by atoms with E-state index in [4.69, 9.17) is 4.74 Å². The van der Waals surface area contributed by atoms with Crippen LogP contribution in [0.2, 0.25) is 0 Å². The van der Waals surface area contributed by atoms with Gasteiger partial charge in [0.05, 0.1) is 21.7 Å². The smallest absolute Gasteiger partial charge is 0.261 e. The van der Waals surface area contributed by atoms with Crippen LogP contribution in [0.5, 0.6) is 5.75 Å². The fourth-order valence-electron chi connectivity index (χ4n) is 3.47. The molecule has 3 rings (SSSR count). The first kappa shape index (κ1) is 25.6. The molecule has 1 aliphatic rings. The predicted molar refractivity (Wildman–Crippen MR) is 134 cm³/mol. The number of nitrogens with zero attached hydrogens (tertiary/aromatic N) is 1. The predicted octanol–water partition coefficient (Wildman–Crippen LogP) is 4.49. The first-order valence-corrected chi connectivity index (χ1v) is 12.8. The molecule has 0 aromatic heterocycles. The molecule has 8 nitrogen and oxygen atoms in total. The number of carbonyl (C=O) groups is 2. The highest BCUT2D eigenvalue weighted by Gasteiger charge is 2.38. The molecule has 0 fully saturated rings. The van der Waals surface area contributed by atoms with Crippen molar-refractivity contribution in [2.45, 2.75) is 46.4 Å². The van der Waals surface area contributed by atoms with E-state index in [1.165, 1.54) is 12.1 Å². The van der Waals surface area contributed by atoms with E-state index in [0.29, 0.717) is 29.4 Å². The van der Waals surface area contributed by atoms with Crippen LogP contribution < -0.4 is 19.7 Å². The largest absolute Gasteiger partial charge is 0.490 e. The molecule has 1 heterocycles. The topological polar surface area (TPSA) is 105 Å². The fraction of sp³-hybridized carbons (Fsp3) is 0.440. The number of ether oxygens (including phenoxy) is 1. The average molecular weight is 488 g/mol. The van der Waals surface area contributed by atoms with Gasteiger partial charge in [0.1, 0.15) is 12.4 Å². The summed E-state index contributed by atoms with van der Waals surface area (Å²) >= 11 is 0. The first-order chi connectivity index (χ1) is 15.8. The molecule has 1 aliphatic heterocycles. The minimum absolute atomic E-state index is 0.0532. The monoisotopic (exact) mass is 487 g/mol. The Hall–Kier alpha value is -3.07. The molecule has 2 N–H and O–H groups in total. The summed E-state index contributed by atoms with van der Waals surface area (Å²) in [7, 11) is -3.89. The van der Waals surface area contributed by atoms with Gasteiger partial charge < -0.3 is 15.0 Å². The van der Waals surface area contributed by atoms with Gasteiger partial charge in [-0.15, -0.1) is 0 Å². The van der Waals surface area contributed by atoms with Crippen LogP contribution in [0, 0.1) is 17.3 Å². The molecule has 0 radical (unpaired) electrons. The van der Waals surface area contributed by atoms with Crippen LogP contribution in [0.4, 0.5) is 17.1 Å². The number of hydrogen-bond acceptors (Lipinski definition) is 5. The van der Waals surface area contributed by atoms with Gasteiger partial charge in [0.25, 0.3) is 10.0 Å². The van der Waals surface area contributed by atoms with Crippen molar-refractivity contribution in [2.24, 2.45) is 17.3 Å². The molecule has 0 bridgehead atoms. The van der Waals surface area contributed by atoms with Gasteiger partial charge in [0.15, 0.2) is 0 Å². The standard InChI is InChI=1S/C25H33N3O5S/c1-16(2)14-28-21-13-19(9-12-22(21)33-15-25(5,6)24(28)30)27-34(31,32)20-10-7-18(8-11-20)26-23(29)17(3)4/h7-13,16-17,27H,14-15H2,1-6H3,(H,26,29). The quantitative estimate of drug-likeness (QED) is 0.599. The molecule has 0 saturated heterocycles. The fourth-order valence-corrected chi connectivity index (χ4v) is 4.52. The van der Waals surface area contributed by atoms with E-state index in [2.05, 4.69) is 10.0 Å². The van der Waals surface area contributed by atoms with Crippen molar-refractivity contribution in [1.29, 1.82) is 0 Å². The number of benzene rings is 2. The van der Waals surface area contributed by atoms with Gasteiger partial charge >= 0.3 is 0 Å². The van der Waals surface area contributed by atoms with Crippen molar-refractivity contribution in [3.8, 4) is 5.75 Å². The molecule has 0 unspecified atom stereocenters. The normalized spacial score (nSPS) is 15.5. The summed E-state index contributed by atoms with van der Waals surface area (Å²) in [5.41, 5.74) is 0.669. The third-order valence-corrected chi connectivity index (χ3v) is 6.82. The Morgan fingerprint density at radius 2 is 1.68 bits per heavy atom. The van der Waals surface area contributed by atoms with Crippen molar-refractivity contribution in [3.05, 3.63) is 42.5 Å². The molecule has 9 heteroatoms. The minimum atomic E-state index is -3.89. The Labute approximate surface area is 201 Å². The van der Waals surface area contributed by atoms with Crippen LogP contribution >= 0.6 is 0 Å². The zero-order chi connectivity index (χ0) is 25.3. The number of amides is 2. The number of fused-ring (bicyclic) bond motifs is 1. The highest BCUT2D eigenvalue weighted by molar-refractivity contribution is 7.92. The zero-order valence-corrected chi connectivity index (χ0v) is 21.3. The maximum atomic E-state index is 13.2. The number of rotatable bonds is 7. The highest BCUT2D eigenvalue weighted by Crippen LogP contribution is 2.39. The van der Waals surface area contributed by atoms with E-state index in [9.17, 15) is 18.0 Å². The first-order valence-electron chi connectivity index (χ1n) is 11.3. The van der Waals surface area contributed by atoms with E-state index in [1.807, 2.05) is 27.7 Å². The van der Waals surface area contributed by atoms with E-state index in [0.717, 1.165) is 0 Å². The lowest BCUT2D eigenvalue weighted by Gasteiger charge is -2.29. The third-order valence-electron chi connectivity index (χ3n) is 5.42. The maximum Gasteiger partial charge on any atom is 0.261 e. The van der Waals surface area contributed by atoms with E-state index < -0.39 is 15.4 Å². The SMILES string of the molecule is CC(C)CN1C(=O)C(C)(C)COc2ccc(NS(=O)(=O)c3ccc(NC(=O)C(C)C)cc3)cc21. The number of hydrogen-bond donors (Lipinski definition) is 2. The molecular formula is C25H33N3O5S. The van der Waals surface area contributed by atoms with E-state index in [-0.39, 0.29) is 35.2 Å². The van der Waals surface area contributed by atoms with E-state index >= 15 is 0 Å². The van der Waals surface area contributed by atoms with Crippen LogP contribution in [0.3, 0.4) is 0 Å². The van der Waals surface area contributed by atoms with Gasteiger partial charge in [-0.25, -0.2) is 8.42 Å².